The number of hydrogen-bond acceptors (Lipinski definition) is 3. The van der Waals surface area contributed by atoms with Crippen LogP contribution in [0.15, 0.2) is 58.7 Å². The molecule has 0 radical (unpaired) electrons. The van der Waals surface area contributed by atoms with E-state index < -0.39 is 11.9 Å². The molecule has 110 valence electrons. The van der Waals surface area contributed by atoms with Crippen molar-refractivity contribution >= 4 is 39.6 Å². The number of benzene rings is 2. The van der Waals surface area contributed by atoms with Gasteiger partial charge in [-0.15, -0.1) is 0 Å². The molecule has 3 rings (SSSR count). The number of nitrogens with zero attached hydrogens (tertiary/aromatic N) is 1. The molecule has 1 heterocycles. The maximum Gasteiger partial charge on any atom is 0.333 e. The molecule has 1 saturated heterocycles. The SMILES string of the molecule is O=C1N/C(=C\c2ccc(O)cc2)C(=O)N1c1ccc(Br)cc1. The quantitative estimate of drug-likeness (QED) is 0.639. The molecule has 22 heavy (non-hydrogen) atoms. The number of hydrogen-bond donors (Lipinski definition) is 2. The Morgan fingerprint density at radius 3 is 2.27 bits per heavy atom. The van der Waals surface area contributed by atoms with Crippen LogP contribution in [0.5, 0.6) is 5.75 Å². The highest BCUT2D eigenvalue weighted by Gasteiger charge is 2.34. The highest BCUT2D eigenvalue weighted by atomic mass is 79.9. The standard InChI is InChI=1S/C16H11BrN2O3/c17-11-3-5-12(6-4-11)19-15(21)14(18-16(19)22)9-10-1-7-13(20)8-2-10/h1-9,20H,(H,18,22)/b14-9-. The minimum Gasteiger partial charge on any atom is -0.508 e. The van der Waals surface area contributed by atoms with E-state index in [4.69, 9.17) is 0 Å². The van der Waals surface area contributed by atoms with Crippen LogP contribution in [-0.2, 0) is 4.79 Å². The fraction of sp³-hybridized carbons (Fsp3) is 0. The van der Waals surface area contributed by atoms with E-state index in [1.807, 2.05) is 0 Å². The summed E-state index contributed by atoms with van der Waals surface area (Å²) in [7, 11) is 0. The van der Waals surface area contributed by atoms with Crippen molar-refractivity contribution in [1.82, 2.24) is 5.32 Å². The number of imide groups is 1. The van der Waals surface area contributed by atoms with Crippen LogP contribution in [0.3, 0.4) is 0 Å². The van der Waals surface area contributed by atoms with E-state index >= 15 is 0 Å². The van der Waals surface area contributed by atoms with Gasteiger partial charge in [-0.1, -0.05) is 28.1 Å². The number of carbonyl (C=O) groups is 2. The van der Waals surface area contributed by atoms with Crippen molar-refractivity contribution in [3.8, 4) is 5.75 Å². The van der Waals surface area contributed by atoms with Crippen molar-refractivity contribution < 1.29 is 14.7 Å². The molecule has 0 unspecified atom stereocenters. The lowest BCUT2D eigenvalue weighted by Crippen LogP contribution is -2.30. The van der Waals surface area contributed by atoms with Crippen molar-refractivity contribution in [3.63, 3.8) is 0 Å². The number of amides is 3. The molecule has 1 fully saturated rings. The van der Waals surface area contributed by atoms with E-state index in [2.05, 4.69) is 21.2 Å². The zero-order valence-electron chi connectivity index (χ0n) is 11.3. The molecule has 2 N–H and O–H groups in total. The molecule has 3 amide bonds. The van der Waals surface area contributed by atoms with E-state index in [9.17, 15) is 14.7 Å². The Hall–Kier alpha value is -2.60. The summed E-state index contributed by atoms with van der Waals surface area (Å²) in [5, 5.41) is 11.8. The number of aromatic hydroxyl groups is 1. The number of rotatable bonds is 2. The maximum atomic E-state index is 12.4. The van der Waals surface area contributed by atoms with Gasteiger partial charge in [-0.2, -0.15) is 0 Å². The molecule has 6 heteroatoms. The lowest BCUT2D eigenvalue weighted by molar-refractivity contribution is -0.113. The lowest BCUT2D eigenvalue weighted by atomic mass is 10.2. The molecule has 2 aromatic carbocycles. The highest BCUT2D eigenvalue weighted by Crippen LogP contribution is 2.24. The van der Waals surface area contributed by atoms with Crippen LogP contribution >= 0.6 is 15.9 Å². The average molecular weight is 359 g/mol. The molecule has 5 nitrogen and oxygen atoms in total. The Morgan fingerprint density at radius 2 is 1.64 bits per heavy atom. The third kappa shape index (κ3) is 2.73. The van der Waals surface area contributed by atoms with E-state index in [1.54, 1.807) is 42.5 Å². The number of nitrogens with one attached hydrogen (secondary N) is 1. The zero-order valence-corrected chi connectivity index (χ0v) is 12.9. The Morgan fingerprint density at radius 1 is 1.00 bits per heavy atom. The van der Waals surface area contributed by atoms with Gasteiger partial charge in [-0.05, 0) is 48.0 Å². The van der Waals surface area contributed by atoms with Gasteiger partial charge in [-0.3, -0.25) is 4.79 Å². The van der Waals surface area contributed by atoms with Gasteiger partial charge < -0.3 is 10.4 Å². The van der Waals surface area contributed by atoms with Crippen LogP contribution in [0, 0.1) is 0 Å². The van der Waals surface area contributed by atoms with Gasteiger partial charge in [0.2, 0.25) is 0 Å². The first-order valence-electron chi connectivity index (χ1n) is 6.46. The molecule has 1 aliphatic rings. The van der Waals surface area contributed by atoms with Crippen LogP contribution in [0.1, 0.15) is 5.56 Å². The summed E-state index contributed by atoms with van der Waals surface area (Å²) in [6.45, 7) is 0. The number of halogens is 1. The second-order valence-corrected chi connectivity index (χ2v) is 5.61. The van der Waals surface area contributed by atoms with Gasteiger partial charge in [0.15, 0.2) is 0 Å². The molecule has 0 spiro atoms. The second kappa shape index (κ2) is 5.65. The summed E-state index contributed by atoms with van der Waals surface area (Å²) in [6, 6.07) is 12.7. The smallest absolute Gasteiger partial charge is 0.333 e. The van der Waals surface area contributed by atoms with Crippen LogP contribution in [-0.4, -0.2) is 17.0 Å². The number of anilines is 1. The first-order chi connectivity index (χ1) is 10.5. The number of phenolic OH excluding ortho intramolecular Hbond substituents is 1. The lowest BCUT2D eigenvalue weighted by Gasteiger charge is -2.11. The highest BCUT2D eigenvalue weighted by molar-refractivity contribution is 9.10. The fourth-order valence-corrected chi connectivity index (χ4v) is 2.36. The van der Waals surface area contributed by atoms with Crippen LogP contribution in [0.2, 0.25) is 0 Å². The Bertz CT molecular complexity index is 767. The Kier molecular flexibility index (Phi) is 3.68. The number of urea groups is 1. The van der Waals surface area contributed by atoms with Crippen LogP contribution < -0.4 is 10.2 Å². The molecule has 0 aromatic heterocycles. The van der Waals surface area contributed by atoms with Gasteiger partial charge in [0, 0.05) is 4.47 Å². The third-order valence-corrected chi connectivity index (χ3v) is 3.70. The second-order valence-electron chi connectivity index (χ2n) is 4.70. The van der Waals surface area contributed by atoms with E-state index in [0.717, 1.165) is 9.37 Å². The molecule has 0 aliphatic carbocycles. The third-order valence-electron chi connectivity index (χ3n) is 3.17. The van der Waals surface area contributed by atoms with Crippen LogP contribution in [0.25, 0.3) is 6.08 Å². The fourth-order valence-electron chi connectivity index (χ4n) is 2.10. The van der Waals surface area contributed by atoms with Crippen LogP contribution in [0.4, 0.5) is 10.5 Å². The molecule has 0 saturated carbocycles. The van der Waals surface area contributed by atoms with Gasteiger partial charge in [0.05, 0.1) is 5.69 Å². The van der Waals surface area contributed by atoms with Gasteiger partial charge in [-0.25, -0.2) is 9.69 Å². The normalized spacial score (nSPS) is 16.2. The first kappa shape index (κ1) is 14.3. The molecule has 1 aliphatic heterocycles. The van der Waals surface area contributed by atoms with Crippen molar-refractivity contribution in [3.05, 3.63) is 64.3 Å². The minimum absolute atomic E-state index is 0.139. The first-order valence-corrected chi connectivity index (χ1v) is 7.25. The van der Waals surface area contributed by atoms with Crippen molar-refractivity contribution in [2.24, 2.45) is 0 Å². The topological polar surface area (TPSA) is 69.6 Å². The summed E-state index contributed by atoms with van der Waals surface area (Å²) < 4.78 is 0.864. The van der Waals surface area contributed by atoms with Gasteiger partial charge in [0.25, 0.3) is 5.91 Å². The summed E-state index contributed by atoms with van der Waals surface area (Å²) >= 11 is 3.31. The molecular formula is C16H11BrN2O3. The molecule has 0 bridgehead atoms. The van der Waals surface area contributed by atoms with Crippen molar-refractivity contribution in [1.29, 1.82) is 0 Å². The minimum atomic E-state index is -0.489. The Labute approximate surface area is 135 Å². The van der Waals surface area contributed by atoms with Crippen molar-refractivity contribution in [2.75, 3.05) is 4.90 Å². The predicted molar refractivity (Wildman–Crippen MR) is 86.2 cm³/mol. The number of carbonyl (C=O) groups excluding carboxylic acids is 2. The predicted octanol–water partition coefficient (Wildman–Crippen LogP) is 3.25. The molecular weight excluding hydrogens is 348 g/mol. The summed E-state index contributed by atoms with van der Waals surface area (Å²) in [6.07, 6.45) is 1.57. The van der Waals surface area contributed by atoms with Gasteiger partial charge in [0.1, 0.15) is 11.4 Å². The summed E-state index contributed by atoms with van der Waals surface area (Å²) in [5.74, 6) is -0.277. The van der Waals surface area contributed by atoms with Gasteiger partial charge >= 0.3 is 6.03 Å². The van der Waals surface area contributed by atoms with E-state index in [0.29, 0.717) is 11.3 Å². The summed E-state index contributed by atoms with van der Waals surface area (Å²) in [5.41, 5.74) is 1.40. The van der Waals surface area contributed by atoms with E-state index in [-0.39, 0.29) is 11.4 Å². The number of phenols is 1. The zero-order chi connectivity index (χ0) is 15.7. The largest absolute Gasteiger partial charge is 0.508 e. The molecule has 0 atom stereocenters. The van der Waals surface area contributed by atoms with Crippen molar-refractivity contribution in [2.45, 2.75) is 0 Å². The monoisotopic (exact) mass is 358 g/mol. The Balaban J connectivity index is 1.91. The summed E-state index contributed by atoms with van der Waals surface area (Å²) in [4.78, 5) is 25.5. The average Bonchev–Trinajstić information content (AvgIpc) is 2.77. The molecule has 2 aromatic rings. The maximum absolute atomic E-state index is 12.4. The van der Waals surface area contributed by atoms with E-state index in [1.165, 1.54) is 12.1 Å².